The maximum absolute atomic E-state index is 12.3. The predicted molar refractivity (Wildman–Crippen MR) is 182 cm³/mol. The fraction of sp³-hybridized carbons (Fsp3) is 0.235. The number of nitrogens with zero attached hydrogens (tertiary/aromatic N) is 6. The van der Waals surface area contributed by atoms with E-state index in [2.05, 4.69) is 23.1 Å². The van der Waals surface area contributed by atoms with Crippen LogP contribution in [0.4, 0.5) is 0 Å². The minimum absolute atomic E-state index is 0. The average Bonchev–Trinajstić information content (AvgIpc) is 3.57. The van der Waals surface area contributed by atoms with E-state index in [1.165, 1.54) is 10.9 Å². The third-order valence-corrected chi connectivity index (χ3v) is 6.62. The molecule has 0 unspecified atom stereocenters. The number of aromatic nitrogens is 4. The molecule has 4 rings (SSSR count). The summed E-state index contributed by atoms with van der Waals surface area (Å²) in [6.45, 7) is 13.3. The molecule has 0 atom stereocenters. The number of nitriles is 2. The molecule has 0 radical (unpaired) electrons. The third-order valence-electron chi connectivity index (χ3n) is 6.00. The molecule has 2 heterocycles. The first-order valence-corrected chi connectivity index (χ1v) is 13.9. The maximum atomic E-state index is 12.3. The van der Waals surface area contributed by atoms with Crippen molar-refractivity contribution in [2.24, 2.45) is 0 Å². The van der Waals surface area contributed by atoms with Crippen LogP contribution in [0, 0.1) is 22.7 Å². The van der Waals surface area contributed by atoms with Crippen LogP contribution in [0.15, 0.2) is 73.4 Å². The van der Waals surface area contributed by atoms with Crippen LogP contribution in [0.3, 0.4) is 0 Å². The zero-order valence-electron chi connectivity index (χ0n) is 25.7. The number of carbonyl (C=O) groups is 2. The van der Waals surface area contributed by atoms with Crippen molar-refractivity contribution < 1.29 is 43.8 Å². The largest absolute Gasteiger partial charge is 1.00 e. The second kappa shape index (κ2) is 20.6. The van der Waals surface area contributed by atoms with Crippen LogP contribution in [-0.2, 0) is 17.6 Å². The van der Waals surface area contributed by atoms with Gasteiger partial charge < -0.3 is 15.3 Å². The van der Waals surface area contributed by atoms with Crippen molar-refractivity contribution in [1.82, 2.24) is 19.1 Å². The first-order chi connectivity index (χ1) is 20.9. The van der Waals surface area contributed by atoms with Gasteiger partial charge in [-0.3, -0.25) is 9.13 Å². The molecule has 2 aromatic carbocycles. The summed E-state index contributed by atoms with van der Waals surface area (Å²) in [5.74, 6) is -1.54. The Hall–Kier alpha value is -4.60. The van der Waals surface area contributed by atoms with E-state index in [9.17, 15) is 14.7 Å². The summed E-state index contributed by atoms with van der Waals surface area (Å²) in [7, 11) is 0. The smallest absolute Gasteiger partial charge is 0.870 e. The van der Waals surface area contributed by atoms with Gasteiger partial charge in [-0.1, -0.05) is 62.4 Å². The van der Waals surface area contributed by atoms with Crippen LogP contribution in [0.2, 0.25) is 10.0 Å². The molecule has 0 amide bonds. The van der Waals surface area contributed by atoms with Crippen molar-refractivity contribution in [2.45, 2.75) is 48.5 Å². The summed E-state index contributed by atoms with van der Waals surface area (Å²) in [5.41, 5.74) is 5.03. The van der Waals surface area contributed by atoms with Gasteiger partial charge in [0.15, 0.2) is 11.4 Å². The van der Waals surface area contributed by atoms with Crippen molar-refractivity contribution >= 4 is 35.1 Å². The fourth-order valence-corrected chi connectivity index (χ4v) is 4.56. The molecule has 0 fully saturated rings. The fourth-order valence-electron chi connectivity index (χ4n) is 4.12. The number of imidazole rings is 2. The van der Waals surface area contributed by atoms with Crippen LogP contribution in [0.25, 0.3) is 11.4 Å². The van der Waals surface area contributed by atoms with Crippen LogP contribution in [0.1, 0.15) is 79.1 Å². The van der Waals surface area contributed by atoms with Crippen LogP contribution in [0.5, 0.6) is 0 Å². The second-order valence-electron chi connectivity index (χ2n) is 9.67. The molecule has 0 saturated heterocycles. The van der Waals surface area contributed by atoms with Gasteiger partial charge in [0.1, 0.15) is 24.8 Å². The van der Waals surface area contributed by atoms with Crippen molar-refractivity contribution in [1.29, 1.82) is 10.5 Å². The number of carbonyl (C=O) groups excluding carboxylic acids is 1. The molecular formula is C34H37Cl2LiN6O5. The quantitative estimate of drug-likeness (QED) is 0.144. The Kier molecular flexibility index (Phi) is 19.5. The molecule has 14 heteroatoms. The van der Waals surface area contributed by atoms with Gasteiger partial charge in [0, 0.05) is 24.2 Å². The van der Waals surface area contributed by atoms with Gasteiger partial charge in [-0.15, -0.1) is 0 Å². The summed E-state index contributed by atoms with van der Waals surface area (Å²) in [6, 6.07) is 13.6. The minimum atomic E-state index is -1.08. The van der Waals surface area contributed by atoms with E-state index in [0.717, 1.165) is 11.1 Å². The summed E-state index contributed by atoms with van der Waals surface area (Å²) in [5, 5.41) is 27.8. The molecule has 2 aromatic heterocycles. The molecule has 4 aromatic rings. The standard InChI is InChI=1S/C17H16ClN3O2.C15H12ClN3O2.2CH4.Li.H2O/c1-4-23-17(22)16-15(7-11(2)3)20-10-21(16)13-6-5-12(9-19)14(18)8-13;1-9(2)5-13-14(15(20)21)19(8-18-13)11-4-3-10(7-17)12(16)6-11;;;;/h5-6,8,10H,2,4,7H2,1,3H3;3-4,6,8H,1,5H2,2H3,(H,20,21);2*1H4;;1H2/q;;;;+1;/p-1. The number of benzene rings is 2. The average molecular weight is 688 g/mol. The number of hydrogen-bond donors (Lipinski definition) is 1. The number of halogens is 2. The summed E-state index contributed by atoms with van der Waals surface area (Å²) < 4.78 is 8.18. The van der Waals surface area contributed by atoms with E-state index in [1.54, 1.807) is 54.2 Å². The Morgan fingerprint density at radius 3 is 1.58 bits per heavy atom. The van der Waals surface area contributed by atoms with Crippen LogP contribution in [-0.4, -0.2) is 48.2 Å². The number of esters is 1. The number of allylic oxidation sites excluding steroid dienone is 2. The molecule has 0 aliphatic rings. The van der Waals surface area contributed by atoms with Gasteiger partial charge in [0.2, 0.25) is 0 Å². The maximum Gasteiger partial charge on any atom is 1.00 e. The Balaban J connectivity index is 0. The molecule has 0 bridgehead atoms. The van der Waals surface area contributed by atoms with Gasteiger partial charge in [-0.25, -0.2) is 19.6 Å². The molecule has 0 saturated carbocycles. The molecular weight excluding hydrogens is 650 g/mol. The zero-order chi connectivity index (χ0) is 32.6. The monoisotopic (exact) mass is 686 g/mol. The number of ether oxygens (including phenoxy) is 1. The first kappa shape index (κ1) is 45.5. The Bertz CT molecular complexity index is 1850. The zero-order valence-corrected chi connectivity index (χ0v) is 27.2. The topological polar surface area (TPSA) is 177 Å². The molecule has 48 heavy (non-hydrogen) atoms. The molecule has 248 valence electrons. The van der Waals surface area contributed by atoms with Gasteiger partial charge in [0.25, 0.3) is 0 Å². The van der Waals surface area contributed by atoms with Crippen molar-refractivity contribution in [3.8, 4) is 23.5 Å². The number of rotatable bonds is 9. The van der Waals surface area contributed by atoms with Crippen molar-refractivity contribution in [3.63, 3.8) is 0 Å². The van der Waals surface area contributed by atoms with E-state index in [4.69, 9.17) is 38.5 Å². The van der Waals surface area contributed by atoms with Gasteiger partial charge in [0.05, 0.1) is 39.2 Å². The molecule has 0 spiro atoms. The van der Waals surface area contributed by atoms with E-state index in [-0.39, 0.29) is 56.5 Å². The van der Waals surface area contributed by atoms with E-state index < -0.39 is 11.9 Å². The van der Waals surface area contributed by atoms with E-state index in [1.807, 2.05) is 26.0 Å². The number of carboxylic acids is 1. The molecule has 2 N–H and O–H groups in total. The molecule has 11 nitrogen and oxygen atoms in total. The normalized spacial score (nSPS) is 9.31. The summed E-state index contributed by atoms with van der Waals surface area (Å²) in [6.07, 6.45) is 3.84. The first-order valence-electron chi connectivity index (χ1n) is 13.1. The van der Waals surface area contributed by atoms with Gasteiger partial charge >= 0.3 is 30.8 Å². The number of hydrogen-bond acceptors (Lipinski definition) is 8. The summed E-state index contributed by atoms with van der Waals surface area (Å²) >= 11 is 12.1. The summed E-state index contributed by atoms with van der Waals surface area (Å²) in [4.78, 5) is 32.2. The van der Waals surface area contributed by atoms with Crippen LogP contribution >= 0.6 is 23.2 Å². The Morgan fingerprint density at radius 1 is 0.854 bits per heavy atom. The van der Waals surface area contributed by atoms with Gasteiger partial charge in [-0.05, 0) is 57.2 Å². The predicted octanol–water partition coefficient (Wildman–Crippen LogP) is 5.01. The van der Waals surface area contributed by atoms with Crippen molar-refractivity contribution in [2.75, 3.05) is 6.61 Å². The molecule has 0 aliphatic carbocycles. The third kappa shape index (κ3) is 11.0. The minimum Gasteiger partial charge on any atom is -0.870 e. The van der Waals surface area contributed by atoms with Crippen molar-refractivity contribution in [3.05, 3.63) is 117 Å². The molecule has 0 aliphatic heterocycles. The Morgan fingerprint density at radius 2 is 1.25 bits per heavy atom. The van der Waals surface area contributed by atoms with E-state index >= 15 is 0 Å². The Labute approximate surface area is 303 Å². The SMILES string of the molecule is C.C.C=C(C)Cc1ncn(-c2ccc(C#N)c(Cl)c2)c1C(=O)O.C=C(C)Cc1ncn(-c2ccc(C#N)c(Cl)c2)c1C(=O)OCC.[Li+].[OH-]. The number of aromatic carboxylic acids is 1. The van der Waals surface area contributed by atoms with Crippen LogP contribution < -0.4 is 18.9 Å². The van der Waals surface area contributed by atoms with E-state index in [0.29, 0.717) is 57.4 Å². The number of carboxylic acid groups (broad SMARTS) is 1. The second-order valence-corrected chi connectivity index (χ2v) is 10.5. The van der Waals surface area contributed by atoms with Gasteiger partial charge in [-0.2, -0.15) is 10.5 Å².